The largest absolute Gasteiger partial charge is 0.360 e. The minimum absolute atomic E-state index is 0.326. The second-order valence-electron chi connectivity index (χ2n) is 3.54. The van der Waals surface area contributed by atoms with Crippen LogP contribution in [0.1, 0.15) is 11.1 Å². The maximum atomic E-state index is 10.2. The van der Waals surface area contributed by atoms with Gasteiger partial charge in [-0.05, 0) is 24.6 Å². The molecule has 1 fully saturated rings. The average Bonchev–Trinajstić information content (AvgIpc) is 2.96. The van der Waals surface area contributed by atoms with Crippen LogP contribution in [0.4, 0.5) is 0 Å². The summed E-state index contributed by atoms with van der Waals surface area (Å²) in [5.41, 5.74) is 2.00. The maximum Gasteiger partial charge on any atom is 0.142 e. The van der Waals surface area contributed by atoms with Crippen LogP contribution in [-0.4, -0.2) is 12.9 Å². The van der Waals surface area contributed by atoms with E-state index >= 15 is 0 Å². The van der Waals surface area contributed by atoms with E-state index in [1.54, 1.807) is 0 Å². The summed E-state index contributed by atoms with van der Waals surface area (Å²) < 4.78 is 5.39. The van der Waals surface area contributed by atoms with E-state index in [-0.39, 0.29) is 5.60 Å². The normalized spacial score (nSPS) is 25.2. The van der Waals surface area contributed by atoms with Crippen LogP contribution in [0.3, 0.4) is 0 Å². The zero-order valence-electron chi connectivity index (χ0n) is 8.07. The molecule has 1 unspecified atom stereocenters. The molecule has 1 saturated heterocycles. The van der Waals surface area contributed by atoms with Gasteiger partial charge < -0.3 is 4.74 Å². The van der Waals surface area contributed by atoms with Gasteiger partial charge in [-0.15, -0.1) is 0 Å². The van der Waals surface area contributed by atoms with Crippen LogP contribution in [-0.2, 0) is 15.1 Å². The number of benzene rings is 1. The summed E-state index contributed by atoms with van der Waals surface area (Å²) in [6.45, 7) is 2.71. The molecule has 0 N–H and O–H groups in total. The predicted molar refractivity (Wildman–Crippen MR) is 54.0 cm³/mol. The molecule has 14 heavy (non-hydrogen) atoms. The third kappa shape index (κ3) is 1.61. The Morgan fingerprint density at radius 2 is 2.29 bits per heavy atom. The number of epoxide rings is 1. The predicted octanol–water partition coefficient (Wildman–Crippen LogP) is 1.98. The summed E-state index contributed by atoms with van der Waals surface area (Å²) >= 11 is 0. The van der Waals surface area contributed by atoms with E-state index < -0.39 is 0 Å². The smallest absolute Gasteiger partial charge is 0.142 e. The lowest BCUT2D eigenvalue weighted by Gasteiger charge is -2.06. The van der Waals surface area contributed by atoms with Gasteiger partial charge in [0, 0.05) is 0 Å². The molecule has 1 aromatic carbocycles. The Morgan fingerprint density at radius 3 is 2.86 bits per heavy atom. The number of rotatable bonds is 3. The Kier molecular flexibility index (Phi) is 2.22. The highest BCUT2D eigenvalue weighted by atomic mass is 16.6. The topological polar surface area (TPSA) is 29.6 Å². The Hall–Kier alpha value is -1.41. The lowest BCUT2D eigenvalue weighted by atomic mass is 9.98. The van der Waals surface area contributed by atoms with Crippen LogP contribution >= 0.6 is 0 Å². The molecule has 2 rings (SSSR count). The van der Waals surface area contributed by atoms with Crippen molar-refractivity contribution in [1.29, 1.82) is 0 Å². The molecule has 0 saturated carbocycles. The standard InChI is InChI=1S/C12H12O2/c1-10-4-2-5-11(8-10)12(9-14-12)6-3-7-13/h2-8H,9H2,1H3/b6-3+. The van der Waals surface area contributed by atoms with E-state index in [2.05, 4.69) is 6.07 Å². The zero-order chi connectivity index (χ0) is 10.0. The van der Waals surface area contributed by atoms with Crippen molar-refractivity contribution in [2.75, 3.05) is 6.61 Å². The third-order valence-electron chi connectivity index (χ3n) is 2.41. The van der Waals surface area contributed by atoms with Gasteiger partial charge in [-0.2, -0.15) is 0 Å². The average molecular weight is 188 g/mol. The van der Waals surface area contributed by atoms with Gasteiger partial charge in [0.25, 0.3) is 0 Å². The van der Waals surface area contributed by atoms with E-state index in [0.29, 0.717) is 6.61 Å². The Balaban J connectivity index is 2.30. The van der Waals surface area contributed by atoms with Crippen LogP contribution in [0.2, 0.25) is 0 Å². The number of hydrogen-bond acceptors (Lipinski definition) is 2. The first-order chi connectivity index (χ1) is 6.77. The fourth-order valence-electron chi connectivity index (χ4n) is 1.54. The maximum absolute atomic E-state index is 10.2. The van der Waals surface area contributed by atoms with Crippen LogP contribution in [0.5, 0.6) is 0 Å². The fourth-order valence-corrected chi connectivity index (χ4v) is 1.54. The molecule has 2 nitrogen and oxygen atoms in total. The number of hydrogen-bond donors (Lipinski definition) is 0. The number of carbonyl (C=O) groups excluding carboxylic acids is 1. The van der Waals surface area contributed by atoms with E-state index in [1.807, 2.05) is 31.2 Å². The van der Waals surface area contributed by atoms with Gasteiger partial charge in [0.05, 0.1) is 6.61 Å². The number of aryl methyl sites for hydroxylation is 1. The molecular formula is C12H12O2. The minimum Gasteiger partial charge on any atom is -0.360 e. The second kappa shape index (κ2) is 3.39. The molecule has 2 heteroatoms. The van der Waals surface area contributed by atoms with Crippen LogP contribution in [0.15, 0.2) is 36.4 Å². The Morgan fingerprint density at radius 1 is 1.50 bits per heavy atom. The SMILES string of the molecule is Cc1cccc(C2(/C=C/C=O)CO2)c1. The van der Waals surface area contributed by atoms with E-state index in [0.717, 1.165) is 11.8 Å². The van der Waals surface area contributed by atoms with Gasteiger partial charge in [0.15, 0.2) is 0 Å². The number of allylic oxidation sites excluding steroid dienone is 1. The second-order valence-corrected chi connectivity index (χ2v) is 3.54. The third-order valence-corrected chi connectivity index (χ3v) is 2.41. The zero-order valence-corrected chi connectivity index (χ0v) is 8.07. The van der Waals surface area contributed by atoms with Gasteiger partial charge >= 0.3 is 0 Å². The molecule has 0 bridgehead atoms. The van der Waals surface area contributed by atoms with E-state index in [9.17, 15) is 4.79 Å². The van der Waals surface area contributed by atoms with Crippen molar-refractivity contribution in [2.24, 2.45) is 0 Å². The Bertz CT molecular complexity index is 376. The van der Waals surface area contributed by atoms with Gasteiger partial charge in [0.2, 0.25) is 0 Å². The number of aldehydes is 1. The first kappa shape index (κ1) is 9.16. The summed E-state index contributed by atoms with van der Waals surface area (Å²) in [5, 5.41) is 0. The van der Waals surface area contributed by atoms with Gasteiger partial charge in [-0.1, -0.05) is 29.8 Å². The minimum atomic E-state index is -0.326. The molecule has 0 radical (unpaired) electrons. The van der Waals surface area contributed by atoms with Crippen LogP contribution in [0.25, 0.3) is 0 Å². The molecule has 1 aromatic rings. The first-order valence-electron chi connectivity index (χ1n) is 4.61. The van der Waals surface area contributed by atoms with Crippen molar-refractivity contribution in [3.8, 4) is 0 Å². The van der Waals surface area contributed by atoms with Gasteiger partial charge in [-0.3, -0.25) is 4.79 Å². The first-order valence-corrected chi connectivity index (χ1v) is 4.61. The van der Waals surface area contributed by atoms with E-state index in [4.69, 9.17) is 4.74 Å². The number of ether oxygens (including phenoxy) is 1. The van der Waals surface area contributed by atoms with Crippen molar-refractivity contribution in [1.82, 2.24) is 0 Å². The molecule has 1 atom stereocenters. The van der Waals surface area contributed by atoms with Crippen molar-refractivity contribution >= 4 is 6.29 Å². The van der Waals surface area contributed by atoms with Crippen molar-refractivity contribution in [3.05, 3.63) is 47.5 Å². The molecule has 1 aliphatic heterocycles. The fraction of sp³-hybridized carbons (Fsp3) is 0.250. The highest BCUT2D eigenvalue weighted by Crippen LogP contribution is 2.40. The molecule has 0 aliphatic carbocycles. The monoisotopic (exact) mass is 188 g/mol. The van der Waals surface area contributed by atoms with E-state index in [1.165, 1.54) is 11.6 Å². The highest BCUT2D eigenvalue weighted by Gasteiger charge is 2.43. The number of carbonyl (C=O) groups is 1. The lowest BCUT2D eigenvalue weighted by molar-refractivity contribution is -0.104. The summed E-state index contributed by atoms with van der Waals surface area (Å²) in [6.07, 6.45) is 4.09. The molecule has 0 spiro atoms. The summed E-state index contributed by atoms with van der Waals surface area (Å²) in [6, 6.07) is 8.16. The molecule has 0 amide bonds. The Labute approximate surface area is 83.2 Å². The summed E-state index contributed by atoms with van der Waals surface area (Å²) in [4.78, 5) is 10.2. The highest BCUT2D eigenvalue weighted by molar-refractivity contribution is 5.65. The van der Waals surface area contributed by atoms with Crippen molar-refractivity contribution in [2.45, 2.75) is 12.5 Å². The van der Waals surface area contributed by atoms with Crippen molar-refractivity contribution < 1.29 is 9.53 Å². The lowest BCUT2D eigenvalue weighted by Crippen LogP contribution is -2.04. The van der Waals surface area contributed by atoms with Crippen molar-refractivity contribution in [3.63, 3.8) is 0 Å². The van der Waals surface area contributed by atoms with Crippen LogP contribution in [0, 0.1) is 6.92 Å². The quantitative estimate of drug-likeness (QED) is 0.412. The van der Waals surface area contributed by atoms with Crippen LogP contribution < -0.4 is 0 Å². The summed E-state index contributed by atoms with van der Waals surface area (Å²) in [5.74, 6) is 0. The molecular weight excluding hydrogens is 176 g/mol. The molecule has 1 heterocycles. The molecule has 0 aromatic heterocycles. The molecule has 1 aliphatic rings. The van der Waals surface area contributed by atoms with Gasteiger partial charge in [-0.25, -0.2) is 0 Å². The molecule has 72 valence electrons. The van der Waals surface area contributed by atoms with Gasteiger partial charge in [0.1, 0.15) is 11.9 Å². The summed E-state index contributed by atoms with van der Waals surface area (Å²) in [7, 11) is 0.